The molecule has 1 aliphatic heterocycles. The minimum absolute atomic E-state index is 0.325. The van der Waals surface area contributed by atoms with Crippen LogP contribution in [0.4, 0.5) is 5.82 Å². The van der Waals surface area contributed by atoms with Crippen molar-refractivity contribution in [1.82, 2.24) is 10.3 Å². The van der Waals surface area contributed by atoms with E-state index in [2.05, 4.69) is 25.2 Å². The van der Waals surface area contributed by atoms with Crippen LogP contribution in [0.5, 0.6) is 5.88 Å². The van der Waals surface area contributed by atoms with Gasteiger partial charge in [0.05, 0.1) is 6.67 Å². The smallest absolute Gasteiger partial charge is 0.219 e. The van der Waals surface area contributed by atoms with E-state index >= 15 is 0 Å². The first-order valence-electron chi connectivity index (χ1n) is 7.49. The summed E-state index contributed by atoms with van der Waals surface area (Å²) in [5.74, 6) is 1.54. The zero-order chi connectivity index (χ0) is 14.5. The topological polar surface area (TPSA) is 86.2 Å². The molecule has 1 aromatic heterocycles. The number of hydrogen-bond acceptors (Lipinski definition) is 5. The lowest BCUT2D eigenvalue weighted by atomic mass is 10.2. The van der Waals surface area contributed by atoms with Crippen LogP contribution in [0.3, 0.4) is 0 Å². The number of fused-ring (bicyclic) bond motifs is 1. The number of azide groups is 1. The number of aromatic nitrogens is 1. The van der Waals surface area contributed by atoms with Gasteiger partial charge < -0.3 is 15.0 Å². The Kier molecular flexibility index (Phi) is 4.43. The highest BCUT2D eigenvalue weighted by atomic mass is 16.5. The summed E-state index contributed by atoms with van der Waals surface area (Å²) in [6.45, 7) is 2.56. The summed E-state index contributed by atoms with van der Waals surface area (Å²) >= 11 is 0. The molecule has 0 unspecified atom stereocenters. The number of hydrogen-bond donors (Lipinski definition) is 1. The summed E-state index contributed by atoms with van der Waals surface area (Å²) in [6.07, 6.45) is 4.70. The Morgan fingerprint density at radius 2 is 2.29 bits per heavy atom. The summed E-state index contributed by atoms with van der Waals surface area (Å²) in [5.41, 5.74) is 9.69. The number of pyridine rings is 1. The second kappa shape index (κ2) is 6.65. The van der Waals surface area contributed by atoms with Crippen LogP contribution >= 0.6 is 0 Å². The van der Waals surface area contributed by atoms with Gasteiger partial charge in [0.2, 0.25) is 5.88 Å². The molecule has 0 aromatic carbocycles. The van der Waals surface area contributed by atoms with E-state index in [0.29, 0.717) is 25.2 Å². The van der Waals surface area contributed by atoms with Crippen LogP contribution in [0.25, 0.3) is 10.4 Å². The SMILES string of the molecule is [N-]=[N+]=NCN(c1ccc2c(n1)OCCNC2)C1CCCC1. The first-order valence-corrected chi connectivity index (χ1v) is 7.49. The monoisotopic (exact) mass is 288 g/mol. The predicted octanol–water partition coefficient (Wildman–Crippen LogP) is 2.58. The molecule has 1 fully saturated rings. The maximum absolute atomic E-state index is 8.61. The summed E-state index contributed by atoms with van der Waals surface area (Å²) in [5, 5.41) is 7.03. The van der Waals surface area contributed by atoms with Crippen molar-refractivity contribution >= 4 is 5.82 Å². The van der Waals surface area contributed by atoms with E-state index in [0.717, 1.165) is 37.3 Å². The number of nitrogens with zero attached hydrogens (tertiary/aromatic N) is 5. The number of ether oxygens (including phenoxy) is 1. The highest BCUT2D eigenvalue weighted by Gasteiger charge is 2.24. The van der Waals surface area contributed by atoms with Gasteiger partial charge in [0.25, 0.3) is 0 Å². The van der Waals surface area contributed by atoms with E-state index in [1.165, 1.54) is 12.8 Å². The van der Waals surface area contributed by atoms with Crippen molar-refractivity contribution in [2.75, 3.05) is 24.7 Å². The van der Waals surface area contributed by atoms with Gasteiger partial charge in [-0.05, 0) is 30.5 Å². The molecule has 2 heterocycles. The van der Waals surface area contributed by atoms with Crippen molar-refractivity contribution in [3.05, 3.63) is 28.1 Å². The van der Waals surface area contributed by atoms with Crippen LogP contribution in [-0.2, 0) is 6.54 Å². The Labute approximate surface area is 123 Å². The third-order valence-electron chi connectivity index (χ3n) is 4.10. The lowest BCUT2D eigenvalue weighted by Crippen LogP contribution is -2.34. The number of anilines is 1. The van der Waals surface area contributed by atoms with Crippen molar-refractivity contribution in [3.8, 4) is 5.88 Å². The van der Waals surface area contributed by atoms with Gasteiger partial charge in [-0.3, -0.25) is 0 Å². The molecule has 1 saturated carbocycles. The Bertz CT molecular complexity index is 536. The maximum Gasteiger partial charge on any atom is 0.219 e. The van der Waals surface area contributed by atoms with Gasteiger partial charge in [0.15, 0.2) is 0 Å². The standard InChI is InChI=1S/C14H20N6O/c15-19-17-10-20(12-3-1-2-4-12)13-6-5-11-9-16-7-8-21-14(11)18-13/h5-6,12,16H,1-4,7-10H2. The largest absolute Gasteiger partial charge is 0.476 e. The molecule has 3 rings (SSSR count). The van der Waals surface area contributed by atoms with Crippen LogP contribution in [0.2, 0.25) is 0 Å². The molecule has 21 heavy (non-hydrogen) atoms. The third kappa shape index (κ3) is 3.20. The zero-order valence-corrected chi connectivity index (χ0v) is 12.0. The van der Waals surface area contributed by atoms with E-state index in [4.69, 9.17) is 10.3 Å². The molecular weight excluding hydrogens is 268 g/mol. The second-order valence-electron chi connectivity index (χ2n) is 5.44. The fraction of sp³-hybridized carbons (Fsp3) is 0.643. The minimum Gasteiger partial charge on any atom is -0.476 e. The van der Waals surface area contributed by atoms with Crippen LogP contribution < -0.4 is 15.0 Å². The van der Waals surface area contributed by atoms with Gasteiger partial charge in [0, 0.05) is 29.6 Å². The molecule has 0 saturated heterocycles. The molecule has 112 valence electrons. The van der Waals surface area contributed by atoms with Crippen molar-refractivity contribution in [3.63, 3.8) is 0 Å². The van der Waals surface area contributed by atoms with Gasteiger partial charge in [-0.25, -0.2) is 0 Å². The summed E-state index contributed by atoms with van der Waals surface area (Å²) in [6, 6.07) is 4.46. The lowest BCUT2D eigenvalue weighted by molar-refractivity contribution is 0.314. The van der Waals surface area contributed by atoms with Crippen molar-refractivity contribution in [1.29, 1.82) is 0 Å². The van der Waals surface area contributed by atoms with Gasteiger partial charge in [-0.1, -0.05) is 18.0 Å². The van der Waals surface area contributed by atoms with Gasteiger partial charge in [0.1, 0.15) is 12.4 Å². The molecule has 7 nitrogen and oxygen atoms in total. The van der Waals surface area contributed by atoms with Crippen LogP contribution in [0.15, 0.2) is 17.2 Å². The second-order valence-corrected chi connectivity index (χ2v) is 5.44. The fourth-order valence-electron chi connectivity index (χ4n) is 3.01. The average molecular weight is 288 g/mol. The Balaban J connectivity index is 1.87. The van der Waals surface area contributed by atoms with E-state index in [1.807, 2.05) is 12.1 Å². The van der Waals surface area contributed by atoms with Gasteiger partial charge in [-0.2, -0.15) is 4.98 Å². The molecule has 1 aliphatic carbocycles. The molecule has 7 heteroatoms. The first-order chi connectivity index (χ1) is 10.4. The summed E-state index contributed by atoms with van der Waals surface area (Å²) in [7, 11) is 0. The lowest BCUT2D eigenvalue weighted by Gasteiger charge is -2.28. The maximum atomic E-state index is 8.61. The minimum atomic E-state index is 0.325. The Morgan fingerprint density at radius 3 is 3.10 bits per heavy atom. The first kappa shape index (κ1) is 14.0. The molecule has 0 atom stereocenters. The Hall–Kier alpha value is -1.98. The molecule has 2 aliphatic rings. The average Bonchev–Trinajstić information content (AvgIpc) is 2.93. The Morgan fingerprint density at radius 1 is 1.43 bits per heavy atom. The van der Waals surface area contributed by atoms with Crippen LogP contribution in [-0.4, -0.2) is 30.8 Å². The van der Waals surface area contributed by atoms with Gasteiger partial charge >= 0.3 is 0 Å². The van der Waals surface area contributed by atoms with E-state index < -0.39 is 0 Å². The van der Waals surface area contributed by atoms with Crippen LogP contribution in [0, 0.1) is 0 Å². The summed E-state index contributed by atoms with van der Waals surface area (Å²) in [4.78, 5) is 9.65. The predicted molar refractivity (Wildman–Crippen MR) is 80.2 cm³/mol. The van der Waals surface area contributed by atoms with Crippen molar-refractivity contribution in [2.24, 2.45) is 5.11 Å². The van der Waals surface area contributed by atoms with Crippen molar-refractivity contribution in [2.45, 2.75) is 38.3 Å². The van der Waals surface area contributed by atoms with E-state index in [-0.39, 0.29) is 0 Å². The number of nitrogens with one attached hydrogen (secondary N) is 1. The van der Waals surface area contributed by atoms with E-state index in [9.17, 15) is 0 Å². The van der Waals surface area contributed by atoms with Gasteiger partial charge in [-0.15, -0.1) is 0 Å². The molecule has 1 aromatic rings. The highest BCUT2D eigenvalue weighted by molar-refractivity contribution is 5.45. The normalized spacial score (nSPS) is 18.3. The molecule has 0 spiro atoms. The molecule has 0 bridgehead atoms. The zero-order valence-electron chi connectivity index (χ0n) is 12.0. The molecule has 0 amide bonds. The highest BCUT2D eigenvalue weighted by Crippen LogP contribution is 2.29. The van der Waals surface area contributed by atoms with E-state index in [1.54, 1.807) is 0 Å². The van der Waals surface area contributed by atoms with Crippen molar-refractivity contribution < 1.29 is 4.74 Å². The molecule has 0 radical (unpaired) electrons. The fourth-order valence-corrected chi connectivity index (χ4v) is 3.01. The third-order valence-corrected chi connectivity index (χ3v) is 4.10. The quantitative estimate of drug-likeness (QED) is 0.524. The molecular formula is C14H20N6O. The molecule has 1 N–H and O–H groups in total. The number of rotatable bonds is 4. The summed E-state index contributed by atoms with van der Waals surface area (Å²) < 4.78 is 5.70. The van der Waals surface area contributed by atoms with Crippen LogP contribution in [0.1, 0.15) is 31.2 Å².